The van der Waals surface area contributed by atoms with Crippen molar-refractivity contribution >= 4 is 55.5 Å². The molecule has 0 unspecified atom stereocenters. The van der Waals surface area contributed by atoms with Gasteiger partial charge in [0.15, 0.2) is 0 Å². The van der Waals surface area contributed by atoms with Crippen LogP contribution in [0.15, 0.2) is 6.33 Å². The fourth-order valence-corrected chi connectivity index (χ4v) is 1.23. The van der Waals surface area contributed by atoms with E-state index in [1.807, 2.05) is 0 Å². The molecule has 0 atom stereocenters. The quantitative estimate of drug-likeness (QED) is 0.397. The van der Waals surface area contributed by atoms with Crippen LogP contribution in [0.1, 0.15) is 0 Å². The average Bonchev–Trinajstić information content (AvgIpc) is 1.83. The molecule has 0 saturated carbocycles. The Hall–Kier alpha value is 0.658. The Labute approximate surface area is 80.1 Å². The molecule has 2 nitrogen and oxygen atoms in total. The molecule has 0 aliphatic carbocycles. The van der Waals surface area contributed by atoms with Crippen LogP contribution in [0.2, 0.25) is 5.15 Å². The minimum absolute atomic E-state index is 0.515. The maximum atomic E-state index is 5.65. The molecular formula is C4HAsClIN2. The van der Waals surface area contributed by atoms with E-state index in [2.05, 4.69) is 49.4 Å². The van der Waals surface area contributed by atoms with Crippen LogP contribution in [-0.4, -0.2) is 26.8 Å². The number of halogens is 2. The molecule has 0 spiro atoms. The van der Waals surface area contributed by atoms with Gasteiger partial charge in [-0.3, -0.25) is 0 Å². The number of hydrogen-bond acceptors (Lipinski definition) is 2. The van der Waals surface area contributed by atoms with Gasteiger partial charge in [0.05, 0.1) is 0 Å². The summed E-state index contributed by atoms with van der Waals surface area (Å²) in [6.45, 7) is 0. The summed E-state index contributed by atoms with van der Waals surface area (Å²) in [4.78, 5) is 7.69. The molecule has 1 aromatic rings. The molecule has 1 heterocycles. The maximum absolute atomic E-state index is 5.65. The van der Waals surface area contributed by atoms with E-state index in [-0.39, 0.29) is 0 Å². The summed E-state index contributed by atoms with van der Waals surface area (Å²) in [5.74, 6) is 0. The summed E-state index contributed by atoms with van der Waals surface area (Å²) in [6.07, 6.45) is 1.44. The standard InChI is InChI=1S/C4HAsClIN2/c5-3-2(7)4(6)9-1-8-3/h1H. The van der Waals surface area contributed by atoms with E-state index in [0.717, 1.165) is 8.05 Å². The zero-order chi connectivity index (χ0) is 6.85. The van der Waals surface area contributed by atoms with Gasteiger partial charge < -0.3 is 0 Å². The zero-order valence-electron chi connectivity index (χ0n) is 4.17. The molecule has 0 saturated heterocycles. The summed E-state index contributed by atoms with van der Waals surface area (Å²) >= 11 is 10.1. The Morgan fingerprint density at radius 1 is 1.56 bits per heavy atom. The molecule has 0 N–H and O–H groups in total. The predicted molar refractivity (Wildman–Crippen MR) is 45.1 cm³/mol. The topological polar surface area (TPSA) is 25.8 Å². The number of aromatic nitrogens is 2. The van der Waals surface area contributed by atoms with Crippen molar-refractivity contribution in [2.75, 3.05) is 0 Å². The summed E-state index contributed by atoms with van der Waals surface area (Å²) < 4.78 is 1.76. The van der Waals surface area contributed by atoms with Gasteiger partial charge in [-0.15, -0.1) is 0 Å². The molecule has 0 amide bonds. The van der Waals surface area contributed by atoms with Gasteiger partial charge in [0.2, 0.25) is 0 Å². The third kappa shape index (κ3) is 1.79. The molecule has 1 rings (SSSR count). The van der Waals surface area contributed by atoms with E-state index in [1.54, 1.807) is 0 Å². The molecule has 5 heteroatoms. The minimum atomic E-state index is 0.515. The predicted octanol–water partition coefficient (Wildman–Crippen LogP) is 0.528. The molecule has 0 aliphatic rings. The zero-order valence-corrected chi connectivity index (χ0v) is 8.96. The van der Waals surface area contributed by atoms with Crippen molar-refractivity contribution in [3.63, 3.8) is 0 Å². The normalized spacial score (nSPS) is 9.67. The summed E-state index contributed by atoms with van der Waals surface area (Å²) in [5, 5.41) is 0.515. The van der Waals surface area contributed by atoms with Crippen LogP contribution in [0, 0.1) is 3.57 Å². The Balaban J connectivity index is 3.25. The number of nitrogens with zero attached hydrogens (tertiary/aromatic N) is 2. The van der Waals surface area contributed by atoms with E-state index in [4.69, 9.17) is 11.6 Å². The van der Waals surface area contributed by atoms with Crippen LogP contribution in [0.5, 0.6) is 0 Å². The van der Waals surface area contributed by atoms with Gasteiger partial charge in [0.1, 0.15) is 0 Å². The van der Waals surface area contributed by atoms with E-state index < -0.39 is 0 Å². The first kappa shape index (κ1) is 7.76. The van der Waals surface area contributed by atoms with Gasteiger partial charge in [-0.2, -0.15) is 0 Å². The van der Waals surface area contributed by atoms with Crippen LogP contribution in [0.4, 0.5) is 0 Å². The van der Waals surface area contributed by atoms with Crippen molar-refractivity contribution in [1.82, 2.24) is 9.97 Å². The first-order valence-electron chi connectivity index (χ1n) is 2.07. The summed E-state index contributed by atoms with van der Waals surface area (Å²) in [5.41, 5.74) is 0. The first-order chi connectivity index (χ1) is 4.22. The van der Waals surface area contributed by atoms with Gasteiger partial charge in [-0.05, 0) is 0 Å². The van der Waals surface area contributed by atoms with Crippen LogP contribution in [-0.2, 0) is 0 Å². The van der Waals surface area contributed by atoms with Crippen molar-refractivity contribution in [3.8, 4) is 0 Å². The molecular weight excluding hydrogens is 313 g/mol. The third-order valence-corrected chi connectivity index (χ3v) is 3.99. The second-order valence-electron chi connectivity index (χ2n) is 1.30. The van der Waals surface area contributed by atoms with Crippen LogP contribution in [0.25, 0.3) is 0 Å². The number of rotatable bonds is 0. The SMILES string of the molecule is Clc1ncnc([As])c1I. The molecule has 2 radical (unpaired) electrons. The van der Waals surface area contributed by atoms with Crippen LogP contribution in [0.3, 0.4) is 0 Å². The van der Waals surface area contributed by atoms with Gasteiger partial charge in [0, 0.05) is 0 Å². The second kappa shape index (κ2) is 3.17. The Morgan fingerprint density at radius 2 is 2.22 bits per heavy atom. The van der Waals surface area contributed by atoms with Crippen LogP contribution >= 0.6 is 34.2 Å². The van der Waals surface area contributed by atoms with Gasteiger partial charge >= 0.3 is 80.5 Å². The van der Waals surface area contributed by atoms with Gasteiger partial charge in [-0.1, -0.05) is 0 Å². The summed E-state index contributed by atoms with van der Waals surface area (Å²) in [6, 6.07) is 0. The van der Waals surface area contributed by atoms with Crippen molar-refractivity contribution in [1.29, 1.82) is 0 Å². The summed E-state index contributed by atoms with van der Waals surface area (Å²) in [7, 11) is 0. The second-order valence-corrected chi connectivity index (χ2v) is 3.63. The third-order valence-electron chi connectivity index (χ3n) is 0.729. The molecule has 0 fully saturated rings. The van der Waals surface area contributed by atoms with Crippen molar-refractivity contribution < 1.29 is 0 Å². The van der Waals surface area contributed by atoms with Crippen molar-refractivity contribution in [2.24, 2.45) is 0 Å². The van der Waals surface area contributed by atoms with E-state index >= 15 is 0 Å². The van der Waals surface area contributed by atoms with E-state index in [0.29, 0.717) is 5.15 Å². The molecule has 46 valence electrons. The number of hydrogen-bond donors (Lipinski definition) is 0. The molecule has 0 aromatic carbocycles. The monoisotopic (exact) mass is 314 g/mol. The molecule has 0 bridgehead atoms. The van der Waals surface area contributed by atoms with E-state index in [9.17, 15) is 0 Å². The van der Waals surface area contributed by atoms with Crippen molar-refractivity contribution in [3.05, 3.63) is 15.1 Å². The average molecular weight is 314 g/mol. The fourth-order valence-electron chi connectivity index (χ4n) is 0.340. The van der Waals surface area contributed by atoms with Gasteiger partial charge in [0.25, 0.3) is 0 Å². The first-order valence-corrected chi connectivity index (χ1v) is 4.46. The van der Waals surface area contributed by atoms with Crippen molar-refractivity contribution in [2.45, 2.75) is 0 Å². The van der Waals surface area contributed by atoms with E-state index in [1.165, 1.54) is 6.33 Å². The Bertz CT molecular complexity index is 210. The Morgan fingerprint density at radius 3 is 2.67 bits per heavy atom. The molecule has 0 aliphatic heterocycles. The van der Waals surface area contributed by atoms with Gasteiger partial charge in [-0.25, -0.2) is 0 Å². The molecule has 1 aromatic heterocycles. The fraction of sp³-hybridized carbons (Fsp3) is 0. The van der Waals surface area contributed by atoms with Crippen LogP contribution < -0.4 is 4.48 Å². The Kier molecular flexibility index (Phi) is 2.73. The molecule has 9 heavy (non-hydrogen) atoms.